The van der Waals surface area contributed by atoms with Crippen LogP contribution in [0.5, 0.6) is 0 Å². The molecule has 7 heteroatoms. The summed E-state index contributed by atoms with van der Waals surface area (Å²) >= 11 is 19.0. The van der Waals surface area contributed by atoms with Crippen LogP contribution in [0.25, 0.3) is 10.1 Å². The van der Waals surface area contributed by atoms with Crippen LogP contribution in [-0.2, 0) is 0 Å². The molecule has 3 nitrogen and oxygen atoms in total. The minimum Gasteiger partial charge on any atom is -0.332 e. The molecular formula is C20H18Cl2N2OS2. The lowest BCUT2D eigenvalue weighted by molar-refractivity contribution is 0.0982. The topological polar surface area (TPSA) is 41.1 Å². The van der Waals surface area contributed by atoms with Crippen LogP contribution in [0.4, 0.5) is 5.69 Å². The van der Waals surface area contributed by atoms with Crippen molar-refractivity contribution in [2.24, 2.45) is 0 Å². The van der Waals surface area contributed by atoms with E-state index in [2.05, 4.69) is 30.5 Å². The van der Waals surface area contributed by atoms with Crippen molar-refractivity contribution >= 4 is 73.5 Å². The molecule has 3 aromatic rings. The highest BCUT2D eigenvalue weighted by Gasteiger charge is 2.19. The first-order valence-electron chi connectivity index (χ1n) is 8.49. The van der Waals surface area contributed by atoms with E-state index in [0.29, 0.717) is 20.8 Å². The molecule has 0 radical (unpaired) electrons. The normalized spacial score (nSPS) is 12.0. The highest BCUT2D eigenvalue weighted by atomic mass is 35.5. The molecule has 0 saturated heterocycles. The highest BCUT2D eigenvalue weighted by Crippen LogP contribution is 2.36. The number of rotatable bonds is 4. The molecular weight excluding hydrogens is 419 g/mol. The van der Waals surface area contributed by atoms with Gasteiger partial charge < -0.3 is 5.32 Å². The van der Waals surface area contributed by atoms with Crippen LogP contribution < -0.4 is 10.6 Å². The van der Waals surface area contributed by atoms with E-state index in [-0.39, 0.29) is 11.0 Å². The summed E-state index contributed by atoms with van der Waals surface area (Å²) in [5, 5.41) is 7.90. The zero-order valence-corrected chi connectivity index (χ0v) is 18.0. The van der Waals surface area contributed by atoms with Crippen molar-refractivity contribution in [3.05, 3.63) is 63.0 Å². The van der Waals surface area contributed by atoms with Gasteiger partial charge in [0, 0.05) is 20.8 Å². The Morgan fingerprint density at radius 2 is 1.96 bits per heavy atom. The monoisotopic (exact) mass is 436 g/mol. The molecule has 0 unspecified atom stereocenters. The van der Waals surface area contributed by atoms with Gasteiger partial charge in [-0.05, 0) is 48.3 Å². The number of halogens is 2. The number of carbonyl (C=O) groups excluding carboxylic acids is 1. The van der Waals surface area contributed by atoms with E-state index in [1.165, 1.54) is 11.3 Å². The Labute approximate surface area is 177 Å². The van der Waals surface area contributed by atoms with Crippen LogP contribution in [0.3, 0.4) is 0 Å². The van der Waals surface area contributed by atoms with E-state index in [4.69, 9.17) is 35.4 Å². The number of fused-ring (bicyclic) bond motifs is 1. The van der Waals surface area contributed by atoms with E-state index in [9.17, 15) is 4.79 Å². The Hall–Kier alpha value is -1.66. The molecule has 27 heavy (non-hydrogen) atoms. The molecule has 0 aliphatic carbocycles. The lowest BCUT2D eigenvalue weighted by Crippen LogP contribution is -2.34. The van der Waals surface area contributed by atoms with Crippen molar-refractivity contribution in [1.29, 1.82) is 0 Å². The van der Waals surface area contributed by atoms with Gasteiger partial charge in [-0.25, -0.2) is 0 Å². The zero-order valence-electron chi connectivity index (χ0n) is 14.8. The molecule has 0 aliphatic heterocycles. The van der Waals surface area contributed by atoms with Crippen molar-refractivity contribution in [1.82, 2.24) is 5.32 Å². The highest BCUT2D eigenvalue weighted by molar-refractivity contribution is 7.80. The number of carbonyl (C=O) groups is 1. The predicted molar refractivity (Wildman–Crippen MR) is 121 cm³/mol. The molecule has 2 N–H and O–H groups in total. The fourth-order valence-corrected chi connectivity index (χ4v) is 4.65. The number of nitrogens with one attached hydrogen (secondary N) is 2. The summed E-state index contributed by atoms with van der Waals surface area (Å²) in [6, 6.07) is 13.3. The van der Waals surface area contributed by atoms with Gasteiger partial charge in [0.05, 0.1) is 5.02 Å². The molecule has 0 aliphatic rings. The van der Waals surface area contributed by atoms with E-state index >= 15 is 0 Å². The molecule has 140 valence electrons. The average molecular weight is 437 g/mol. The minimum absolute atomic E-state index is 0.238. The number of thiophene rings is 1. The van der Waals surface area contributed by atoms with Crippen LogP contribution >= 0.6 is 46.8 Å². The zero-order chi connectivity index (χ0) is 19.6. The van der Waals surface area contributed by atoms with Gasteiger partial charge in [0.15, 0.2) is 5.11 Å². The Morgan fingerprint density at radius 3 is 2.70 bits per heavy atom. The van der Waals surface area contributed by atoms with Crippen LogP contribution in [0.2, 0.25) is 10.0 Å². The standard InChI is InChI=1S/C20H18Cl2N2OS2/c1-3-11(2)13-6-4-5-7-15(13)23-20(26)24-19(25)18-17(22)14-9-8-12(21)10-16(14)27-18/h4-11H,3H2,1-2H3,(H2,23,24,25,26)/t11-/m0/s1. The second kappa shape index (κ2) is 8.57. The Bertz CT molecular complexity index is 1020. The van der Waals surface area contributed by atoms with E-state index in [0.717, 1.165) is 27.8 Å². The summed E-state index contributed by atoms with van der Waals surface area (Å²) in [5.74, 6) is 0.0461. The van der Waals surface area contributed by atoms with E-state index in [1.54, 1.807) is 12.1 Å². The van der Waals surface area contributed by atoms with Gasteiger partial charge in [-0.1, -0.05) is 61.3 Å². The Morgan fingerprint density at radius 1 is 1.22 bits per heavy atom. The maximum Gasteiger partial charge on any atom is 0.269 e. The molecule has 1 aromatic heterocycles. The summed E-state index contributed by atoms with van der Waals surface area (Å²) in [5.41, 5.74) is 2.05. The smallest absolute Gasteiger partial charge is 0.269 e. The number of anilines is 1. The molecule has 0 saturated carbocycles. The fourth-order valence-electron chi connectivity index (χ4n) is 2.76. The van der Waals surface area contributed by atoms with Gasteiger partial charge in [-0.15, -0.1) is 11.3 Å². The van der Waals surface area contributed by atoms with Crippen LogP contribution in [0.1, 0.15) is 41.4 Å². The lowest BCUT2D eigenvalue weighted by atomic mass is 9.97. The number of thiocarbonyl (C=S) groups is 1. The van der Waals surface area contributed by atoms with Crippen LogP contribution in [-0.4, -0.2) is 11.0 Å². The van der Waals surface area contributed by atoms with Crippen molar-refractivity contribution in [2.75, 3.05) is 5.32 Å². The lowest BCUT2D eigenvalue weighted by Gasteiger charge is -2.17. The first-order valence-corrected chi connectivity index (χ1v) is 10.5. The molecule has 3 rings (SSSR count). The maximum atomic E-state index is 12.7. The van der Waals surface area contributed by atoms with Crippen molar-refractivity contribution < 1.29 is 4.79 Å². The predicted octanol–water partition coefficient (Wildman–Crippen LogP) is 6.85. The van der Waals surface area contributed by atoms with Gasteiger partial charge in [-0.3, -0.25) is 10.1 Å². The molecule has 2 aromatic carbocycles. The van der Waals surface area contributed by atoms with Gasteiger partial charge in [0.25, 0.3) is 5.91 Å². The SMILES string of the molecule is CC[C@H](C)c1ccccc1NC(=S)NC(=O)c1sc2cc(Cl)ccc2c1Cl. The summed E-state index contributed by atoms with van der Waals surface area (Å²) < 4.78 is 0.860. The Kier molecular flexibility index (Phi) is 6.37. The van der Waals surface area contributed by atoms with E-state index in [1.807, 2.05) is 24.3 Å². The second-order valence-electron chi connectivity index (χ2n) is 6.19. The van der Waals surface area contributed by atoms with Gasteiger partial charge in [0.1, 0.15) is 4.88 Å². The number of para-hydroxylation sites is 1. The van der Waals surface area contributed by atoms with E-state index < -0.39 is 0 Å². The number of hydrogen-bond donors (Lipinski definition) is 2. The quantitative estimate of drug-likeness (QED) is 0.439. The van der Waals surface area contributed by atoms with Crippen molar-refractivity contribution in [2.45, 2.75) is 26.2 Å². The van der Waals surface area contributed by atoms with Crippen LogP contribution in [0, 0.1) is 0 Å². The molecule has 1 atom stereocenters. The number of hydrogen-bond acceptors (Lipinski definition) is 3. The third kappa shape index (κ3) is 4.43. The molecule has 1 heterocycles. The Balaban J connectivity index is 1.77. The largest absolute Gasteiger partial charge is 0.332 e. The van der Waals surface area contributed by atoms with Crippen molar-refractivity contribution in [3.63, 3.8) is 0 Å². The van der Waals surface area contributed by atoms with Gasteiger partial charge in [-0.2, -0.15) is 0 Å². The molecule has 0 bridgehead atoms. The maximum absolute atomic E-state index is 12.7. The van der Waals surface area contributed by atoms with Crippen molar-refractivity contribution in [3.8, 4) is 0 Å². The molecule has 0 fully saturated rings. The van der Waals surface area contributed by atoms with Gasteiger partial charge >= 0.3 is 0 Å². The minimum atomic E-state index is -0.337. The summed E-state index contributed by atoms with van der Waals surface area (Å²) in [7, 11) is 0. The first-order chi connectivity index (χ1) is 12.9. The third-order valence-electron chi connectivity index (χ3n) is 4.38. The van der Waals surface area contributed by atoms with Gasteiger partial charge in [0.2, 0.25) is 0 Å². The number of benzene rings is 2. The molecule has 1 amide bonds. The summed E-state index contributed by atoms with van der Waals surface area (Å²) in [6.07, 6.45) is 1.01. The average Bonchev–Trinajstić information content (AvgIpc) is 2.97. The van der Waals surface area contributed by atoms with Crippen LogP contribution in [0.15, 0.2) is 42.5 Å². The number of amides is 1. The summed E-state index contributed by atoms with van der Waals surface area (Å²) in [4.78, 5) is 13.1. The summed E-state index contributed by atoms with van der Waals surface area (Å²) in [6.45, 7) is 4.29. The fraction of sp³-hybridized carbons (Fsp3) is 0.200. The second-order valence-corrected chi connectivity index (χ2v) is 8.47. The molecule has 0 spiro atoms. The third-order valence-corrected chi connectivity index (χ3v) is 6.47. The first kappa shape index (κ1) is 20.1.